The van der Waals surface area contributed by atoms with Crippen molar-refractivity contribution in [3.05, 3.63) is 47.2 Å². The van der Waals surface area contributed by atoms with Crippen molar-refractivity contribution in [1.82, 2.24) is 21.3 Å². The number of hydrogen-bond acceptors (Lipinski definition) is 6. The molecule has 1 aromatic rings. The summed E-state index contributed by atoms with van der Waals surface area (Å²) < 4.78 is 5.36. The third-order valence-electron chi connectivity index (χ3n) is 5.69. The Hall–Kier alpha value is -3.20. The zero-order chi connectivity index (χ0) is 26.8. The fourth-order valence-electron chi connectivity index (χ4n) is 3.18. The molecule has 0 radical (unpaired) electrons. The van der Waals surface area contributed by atoms with E-state index in [9.17, 15) is 19.2 Å². The number of nitrogens with one attached hydrogen (secondary N) is 4. The molecule has 0 saturated heterocycles. The molecule has 0 heterocycles. The van der Waals surface area contributed by atoms with E-state index in [2.05, 4.69) is 21.3 Å². The molecule has 1 rings (SSSR count). The van der Waals surface area contributed by atoms with Crippen LogP contribution in [0.3, 0.4) is 0 Å². The molecule has 0 aromatic heterocycles. The highest BCUT2D eigenvalue weighted by atomic mass is 16.5. The summed E-state index contributed by atoms with van der Waals surface area (Å²) >= 11 is 0. The zero-order valence-electron chi connectivity index (χ0n) is 22.1. The highest BCUT2D eigenvalue weighted by molar-refractivity contribution is 5.91. The van der Waals surface area contributed by atoms with Crippen LogP contribution >= 0.6 is 0 Å². The Kier molecular flexibility index (Phi) is 15.5. The van der Waals surface area contributed by atoms with E-state index in [0.717, 1.165) is 36.1 Å². The van der Waals surface area contributed by atoms with Gasteiger partial charge in [-0.05, 0) is 44.2 Å². The van der Waals surface area contributed by atoms with E-state index in [1.807, 2.05) is 38.1 Å². The zero-order valence-corrected chi connectivity index (χ0v) is 22.1. The molecule has 0 bridgehead atoms. The van der Waals surface area contributed by atoms with Gasteiger partial charge in [0.05, 0.1) is 0 Å². The monoisotopic (exact) mass is 502 g/mol. The fraction of sp³-hybridized carbons (Fsp3) is 0.556. The molecule has 1 aromatic carbocycles. The molecule has 0 aliphatic heterocycles. The second-order valence-electron chi connectivity index (χ2n) is 8.91. The maximum atomic E-state index is 12.0. The maximum Gasteiger partial charge on any atom is 0.314 e. The van der Waals surface area contributed by atoms with Gasteiger partial charge in [0.2, 0.25) is 5.91 Å². The van der Waals surface area contributed by atoms with Gasteiger partial charge in [-0.1, -0.05) is 37.6 Å². The van der Waals surface area contributed by atoms with Gasteiger partial charge in [0.25, 0.3) is 0 Å². The predicted molar refractivity (Wildman–Crippen MR) is 140 cm³/mol. The van der Waals surface area contributed by atoms with Crippen molar-refractivity contribution in [3.8, 4) is 0 Å². The molecule has 0 spiro atoms. The summed E-state index contributed by atoms with van der Waals surface area (Å²) in [5.41, 5.74) is 2.67. The number of Topliss-reactive ketones (excluding diaryl/α,β-unsaturated/α-hetero) is 1. The van der Waals surface area contributed by atoms with Crippen molar-refractivity contribution in [2.24, 2.45) is 5.92 Å². The van der Waals surface area contributed by atoms with E-state index in [-0.39, 0.29) is 36.0 Å². The van der Waals surface area contributed by atoms with E-state index >= 15 is 0 Å². The minimum absolute atomic E-state index is 0.0306. The number of rotatable bonds is 18. The summed E-state index contributed by atoms with van der Waals surface area (Å²) in [6.07, 6.45) is 5.09. The molecule has 9 heteroatoms. The predicted octanol–water partition coefficient (Wildman–Crippen LogP) is 2.64. The van der Waals surface area contributed by atoms with Crippen LogP contribution in [-0.2, 0) is 32.1 Å². The third-order valence-corrected chi connectivity index (χ3v) is 5.69. The van der Waals surface area contributed by atoms with Crippen LogP contribution < -0.4 is 21.3 Å². The first-order valence-electron chi connectivity index (χ1n) is 12.5. The first-order valence-corrected chi connectivity index (χ1v) is 12.5. The normalized spacial score (nSPS) is 11.9. The van der Waals surface area contributed by atoms with Gasteiger partial charge in [-0.15, -0.1) is 0 Å². The molecule has 1 atom stereocenters. The second kappa shape index (κ2) is 18.1. The number of unbranched alkanes of at least 4 members (excludes halogenated alkanes) is 1. The van der Waals surface area contributed by atoms with E-state index in [0.29, 0.717) is 39.1 Å². The molecule has 0 aliphatic rings. The van der Waals surface area contributed by atoms with Crippen LogP contribution in [0.2, 0.25) is 0 Å². The SMILES string of the molecule is CN/C(C)=C\C(=O)Cc1ccc(CNC(=O)COCCCNC(=O)NCCCCC(C)C(C)=O)cc1. The molecule has 9 nitrogen and oxygen atoms in total. The number of ether oxygens (including phenoxy) is 1. The Morgan fingerprint density at radius 2 is 1.56 bits per heavy atom. The summed E-state index contributed by atoms with van der Waals surface area (Å²) in [6.45, 7) is 7.08. The van der Waals surface area contributed by atoms with Gasteiger partial charge in [-0.2, -0.15) is 0 Å². The van der Waals surface area contributed by atoms with Gasteiger partial charge in [-0.3, -0.25) is 14.4 Å². The Labute approximate surface area is 214 Å². The Bertz CT molecular complexity index is 867. The Balaban J connectivity index is 2.08. The van der Waals surface area contributed by atoms with Gasteiger partial charge in [0.15, 0.2) is 5.78 Å². The quantitative estimate of drug-likeness (QED) is 0.181. The van der Waals surface area contributed by atoms with Crippen LogP contribution in [0.15, 0.2) is 36.0 Å². The lowest BCUT2D eigenvalue weighted by atomic mass is 10.0. The van der Waals surface area contributed by atoms with Gasteiger partial charge in [0, 0.05) is 57.4 Å². The summed E-state index contributed by atoms with van der Waals surface area (Å²) in [6, 6.07) is 7.32. The lowest BCUT2D eigenvalue weighted by Crippen LogP contribution is -2.37. The number of benzene rings is 1. The molecule has 36 heavy (non-hydrogen) atoms. The number of carbonyl (C=O) groups excluding carboxylic acids is 4. The first kappa shape index (κ1) is 30.8. The number of hydrogen-bond donors (Lipinski definition) is 4. The molecular weight excluding hydrogens is 460 g/mol. The minimum Gasteiger partial charge on any atom is -0.392 e. The van der Waals surface area contributed by atoms with Crippen LogP contribution in [0.4, 0.5) is 4.79 Å². The third kappa shape index (κ3) is 14.9. The molecule has 4 N–H and O–H groups in total. The van der Waals surface area contributed by atoms with Gasteiger partial charge in [0.1, 0.15) is 12.4 Å². The number of carbonyl (C=O) groups is 4. The van der Waals surface area contributed by atoms with E-state index in [4.69, 9.17) is 4.74 Å². The maximum absolute atomic E-state index is 12.0. The van der Waals surface area contributed by atoms with Gasteiger partial charge < -0.3 is 26.0 Å². The highest BCUT2D eigenvalue weighted by Crippen LogP contribution is 2.08. The van der Waals surface area contributed by atoms with Crippen LogP contribution in [0.5, 0.6) is 0 Å². The van der Waals surface area contributed by atoms with Crippen molar-refractivity contribution in [3.63, 3.8) is 0 Å². The summed E-state index contributed by atoms with van der Waals surface area (Å²) in [4.78, 5) is 46.8. The summed E-state index contributed by atoms with van der Waals surface area (Å²) in [5, 5.41) is 11.3. The van der Waals surface area contributed by atoms with Gasteiger partial charge in [-0.25, -0.2) is 4.79 Å². The summed E-state index contributed by atoms with van der Waals surface area (Å²) in [7, 11) is 1.77. The first-order chi connectivity index (χ1) is 17.2. The average molecular weight is 503 g/mol. The molecule has 0 aliphatic carbocycles. The van der Waals surface area contributed by atoms with Crippen molar-refractivity contribution >= 4 is 23.5 Å². The molecule has 200 valence electrons. The van der Waals surface area contributed by atoms with Crippen LogP contribution in [0.1, 0.15) is 57.6 Å². The second-order valence-corrected chi connectivity index (χ2v) is 8.91. The molecule has 1 unspecified atom stereocenters. The van der Waals surface area contributed by atoms with Crippen molar-refractivity contribution in [2.45, 2.75) is 59.4 Å². The van der Waals surface area contributed by atoms with E-state index in [1.165, 1.54) is 0 Å². The topological polar surface area (TPSA) is 126 Å². The fourth-order valence-corrected chi connectivity index (χ4v) is 3.18. The number of amides is 3. The smallest absolute Gasteiger partial charge is 0.314 e. The average Bonchev–Trinajstić information content (AvgIpc) is 2.85. The molecule has 0 saturated carbocycles. The van der Waals surface area contributed by atoms with Crippen molar-refractivity contribution in [2.75, 3.05) is 33.4 Å². The molecule has 3 amide bonds. The lowest BCUT2D eigenvalue weighted by molar-refractivity contribution is -0.126. The van der Waals surface area contributed by atoms with Crippen molar-refractivity contribution in [1.29, 1.82) is 0 Å². The Morgan fingerprint density at radius 1 is 0.917 bits per heavy atom. The van der Waals surface area contributed by atoms with Gasteiger partial charge >= 0.3 is 6.03 Å². The largest absolute Gasteiger partial charge is 0.392 e. The van der Waals surface area contributed by atoms with Crippen LogP contribution in [-0.4, -0.2) is 56.9 Å². The van der Waals surface area contributed by atoms with E-state index in [1.54, 1.807) is 20.0 Å². The van der Waals surface area contributed by atoms with Crippen LogP contribution in [0.25, 0.3) is 0 Å². The molecule has 0 fully saturated rings. The Morgan fingerprint density at radius 3 is 2.19 bits per heavy atom. The van der Waals surface area contributed by atoms with Crippen LogP contribution in [0, 0.1) is 5.92 Å². The lowest BCUT2D eigenvalue weighted by Gasteiger charge is -2.10. The van der Waals surface area contributed by atoms with Crippen molar-refractivity contribution < 1.29 is 23.9 Å². The number of urea groups is 1. The minimum atomic E-state index is -0.229. The highest BCUT2D eigenvalue weighted by Gasteiger charge is 2.07. The van der Waals surface area contributed by atoms with E-state index < -0.39 is 0 Å². The standard InChI is InChI=1S/C27H42N4O5/c1-20(22(3)32)8-5-6-13-29-27(35)30-14-7-15-36-19-26(34)31-18-24-11-9-23(10-12-24)17-25(33)16-21(2)28-4/h9-12,16,20,28H,5-8,13-15,17-19H2,1-4H3,(H,31,34)(H2,29,30,35)/b21-16-. The molecular formula is C27H42N4O5. The summed E-state index contributed by atoms with van der Waals surface area (Å²) in [5.74, 6) is 0.0887. The number of allylic oxidation sites excluding steroid dienone is 2. The number of ketones is 2.